The van der Waals surface area contributed by atoms with Gasteiger partial charge < -0.3 is 4.74 Å². The Morgan fingerprint density at radius 3 is 2.25 bits per heavy atom. The van der Waals surface area contributed by atoms with E-state index in [1.165, 1.54) is 12.1 Å². The number of fused-ring (bicyclic) bond motifs is 1. The Labute approximate surface area is 208 Å². The number of aryl methyl sites for hydroxylation is 1. The highest BCUT2D eigenvalue weighted by Crippen LogP contribution is 2.44. The summed E-state index contributed by atoms with van der Waals surface area (Å²) in [5.74, 6) is -0.880. The lowest BCUT2D eigenvalue weighted by molar-refractivity contribution is 0.105. The number of carbonyl (C=O) groups excluding carboxylic acids is 1. The molecule has 8 heteroatoms. The van der Waals surface area contributed by atoms with Gasteiger partial charge in [-0.15, -0.1) is 0 Å². The van der Waals surface area contributed by atoms with E-state index in [2.05, 4.69) is 0 Å². The Balaban J connectivity index is 1.44. The van der Waals surface area contributed by atoms with Gasteiger partial charge in [0, 0.05) is 48.0 Å². The molecule has 186 valence electrons. The molecule has 36 heavy (non-hydrogen) atoms. The number of benzene rings is 3. The first-order valence-corrected chi connectivity index (χ1v) is 13.6. The van der Waals surface area contributed by atoms with Gasteiger partial charge in [-0.2, -0.15) is 0 Å². The standard InChI is InChI=1S/C28H25F2NO4S/c1-18-2-4-19(5-3-18)26-27(23-8-6-20(29)16-25(23)30)22-9-7-21(17-24(22)28(26)32)35-13-10-31-11-14-36(33,34)15-12-31/h2-9,16-17H,10-15H2,1H3. The minimum Gasteiger partial charge on any atom is -0.492 e. The van der Waals surface area contributed by atoms with Crippen LogP contribution < -0.4 is 4.74 Å². The Hall–Kier alpha value is -3.36. The zero-order chi connectivity index (χ0) is 25.4. The van der Waals surface area contributed by atoms with E-state index in [0.717, 1.165) is 11.6 Å². The maximum absolute atomic E-state index is 14.9. The largest absolute Gasteiger partial charge is 0.492 e. The highest BCUT2D eigenvalue weighted by atomic mass is 32.2. The molecule has 1 aliphatic heterocycles. The average Bonchev–Trinajstić information content (AvgIpc) is 3.12. The molecule has 1 aliphatic carbocycles. The lowest BCUT2D eigenvalue weighted by atomic mass is 9.93. The maximum atomic E-state index is 14.9. The molecular weight excluding hydrogens is 484 g/mol. The minimum atomic E-state index is -2.94. The third-order valence-corrected chi connectivity index (χ3v) is 8.25. The second-order valence-electron chi connectivity index (χ2n) is 9.12. The van der Waals surface area contributed by atoms with E-state index in [-0.39, 0.29) is 22.9 Å². The fourth-order valence-electron chi connectivity index (χ4n) is 4.64. The van der Waals surface area contributed by atoms with Crippen LogP contribution in [0, 0.1) is 18.6 Å². The predicted octanol–water partition coefficient (Wildman–Crippen LogP) is 4.54. The number of allylic oxidation sites excluding steroid dienone is 1. The first-order valence-electron chi connectivity index (χ1n) is 11.7. The summed E-state index contributed by atoms with van der Waals surface area (Å²) >= 11 is 0. The van der Waals surface area contributed by atoms with Crippen molar-refractivity contribution in [2.45, 2.75) is 6.92 Å². The minimum absolute atomic E-state index is 0.149. The summed E-state index contributed by atoms with van der Waals surface area (Å²) in [5.41, 5.74) is 3.59. The Bertz CT molecular complexity index is 1470. The van der Waals surface area contributed by atoms with Crippen molar-refractivity contribution in [3.05, 3.63) is 100 Å². The molecule has 0 spiro atoms. The van der Waals surface area contributed by atoms with Crippen LogP contribution in [0.2, 0.25) is 0 Å². The molecule has 0 aromatic heterocycles. The molecule has 5 rings (SSSR count). The van der Waals surface area contributed by atoms with Gasteiger partial charge in [-0.25, -0.2) is 17.2 Å². The number of carbonyl (C=O) groups is 1. The van der Waals surface area contributed by atoms with Crippen molar-refractivity contribution >= 4 is 26.8 Å². The van der Waals surface area contributed by atoms with E-state index >= 15 is 0 Å². The number of hydrogen-bond donors (Lipinski definition) is 0. The van der Waals surface area contributed by atoms with Gasteiger partial charge in [-0.05, 0) is 48.4 Å². The zero-order valence-electron chi connectivity index (χ0n) is 19.8. The molecule has 1 fully saturated rings. The van der Waals surface area contributed by atoms with Crippen molar-refractivity contribution in [3.63, 3.8) is 0 Å². The number of rotatable bonds is 6. The monoisotopic (exact) mass is 509 g/mol. The van der Waals surface area contributed by atoms with Crippen molar-refractivity contribution in [2.75, 3.05) is 37.7 Å². The van der Waals surface area contributed by atoms with E-state index in [9.17, 15) is 22.0 Å². The molecule has 0 saturated carbocycles. The van der Waals surface area contributed by atoms with Crippen LogP contribution in [-0.2, 0) is 9.84 Å². The molecule has 1 saturated heterocycles. The normalized spacial score (nSPS) is 17.4. The number of ether oxygens (including phenoxy) is 1. The molecule has 5 nitrogen and oxygen atoms in total. The average molecular weight is 510 g/mol. The van der Waals surface area contributed by atoms with Gasteiger partial charge in [0.1, 0.15) is 24.0 Å². The summed E-state index contributed by atoms with van der Waals surface area (Å²) in [6.45, 7) is 3.80. The van der Waals surface area contributed by atoms with E-state index in [1.807, 2.05) is 36.1 Å². The highest BCUT2D eigenvalue weighted by Gasteiger charge is 2.33. The zero-order valence-corrected chi connectivity index (χ0v) is 20.6. The van der Waals surface area contributed by atoms with Crippen molar-refractivity contribution in [3.8, 4) is 5.75 Å². The molecule has 0 radical (unpaired) electrons. The van der Waals surface area contributed by atoms with E-state index < -0.39 is 21.5 Å². The van der Waals surface area contributed by atoms with Gasteiger partial charge in [0.2, 0.25) is 0 Å². The van der Waals surface area contributed by atoms with Crippen LogP contribution in [0.25, 0.3) is 11.1 Å². The van der Waals surface area contributed by atoms with Crippen molar-refractivity contribution in [1.29, 1.82) is 0 Å². The smallest absolute Gasteiger partial charge is 0.195 e. The molecule has 3 aromatic rings. The SMILES string of the molecule is Cc1ccc(C2=C(c3ccc(F)cc3F)c3ccc(OCCN4CCS(=O)(=O)CC4)cc3C2=O)cc1. The van der Waals surface area contributed by atoms with Gasteiger partial charge in [-0.1, -0.05) is 29.8 Å². The van der Waals surface area contributed by atoms with Gasteiger partial charge in [0.05, 0.1) is 11.5 Å². The van der Waals surface area contributed by atoms with Crippen molar-refractivity contribution in [1.82, 2.24) is 4.90 Å². The molecule has 1 heterocycles. The molecule has 0 unspecified atom stereocenters. The molecule has 0 amide bonds. The van der Waals surface area contributed by atoms with Crippen LogP contribution in [0.4, 0.5) is 8.78 Å². The van der Waals surface area contributed by atoms with Crippen molar-refractivity contribution in [2.24, 2.45) is 0 Å². The van der Waals surface area contributed by atoms with Crippen LogP contribution in [0.5, 0.6) is 5.75 Å². The molecule has 0 bridgehead atoms. The molecule has 0 N–H and O–H groups in total. The summed E-state index contributed by atoms with van der Waals surface area (Å²) in [6.07, 6.45) is 0. The third kappa shape index (κ3) is 4.83. The van der Waals surface area contributed by atoms with E-state index in [1.54, 1.807) is 18.2 Å². The number of sulfone groups is 1. The van der Waals surface area contributed by atoms with E-state index in [4.69, 9.17) is 4.74 Å². The number of ketones is 1. The Morgan fingerprint density at radius 1 is 0.861 bits per heavy atom. The highest BCUT2D eigenvalue weighted by molar-refractivity contribution is 7.91. The van der Waals surface area contributed by atoms with Crippen LogP contribution in [0.1, 0.15) is 32.6 Å². The third-order valence-electron chi connectivity index (χ3n) is 6.64. The lowest BCUT2D eigenvalue weighted by Gasteiger charge is -2.26. The van der Waals surface area contributed by atoms with Gasteiger partial charge in [-0.3, -0.25) is 9.69 Å². The van der Waals surface area contributed by atoms with Crippen LogP contribution in [-0.4, -0.2) is 56.8 Å². The number of hydrogen-bond acceptors (Lipinski definition) is 5. The lowest BCUT2D eigenvalue weighted by Crippen LogP contribution is -2.42. The van der Waals surface area contributed by atoms with Gasteiger partial charge in [0.15, 0.2) is 15.6 Å². The molecule has 0 atom stereocenters. The first-order chi connectivity index (χ1) is 17.2. The summed E-state index contributed by atoms with van der Waals surface area (Å²) < 4.78 is 57.6. The fourth-order valence-corrected chi connectivity index (χ4v) is 5.91. The van der Waals surface area contributed by atoms with Crippen molar-refractivity contribution < 1.29 is 26.7 Å². The second kappa shape index (κ2) is 9.59. The Kier molecular flexibility index (Phi) is 6.49. The van der Waals surface area contributed by atoms with E-state index in [0.29, 0.717) is 59.8 Å². The molecular formula is C28H25F2NO4S. The van der Waals surface area contributed by atoms with Gasteiger partial charge in [0.25, 0.3) is 0 Å². The number of nitrogens with zero attached hydrogens (tertiary/aromatic N) is 1. The van der Waals surface area contributed by atoms with Crippen LogP contribution in [0.3, 0.4) is 0 Å². The second-order valence-corrected chi connectivity index (χ2v) is 11.4. The Morgan fingerprint density at radius 2 is 1.56 bits per heavy atom. The summed E-state index contributed by atoms with van der Waals surface area (Å²) in [5, 5.41) is 0. The topological polar surface area (TPSA) is 63.7 Å². The summed E-state index contributed by atoms with van der Waals surface area (Å²) in [6, 6.07) is 15.9. The summed E-state index contributed by atoms with van der Waals surface area (Å²) in [7, 11) is -2.94. The predicted molar refractivity (Wildman–Crippen MR) is 135 cm³/mol. The van der Waals surface area contributed by atoms with Crippen LogP contribution >= 0.6 is 0 Å². The number of halogens is 2. The summed E-state index contributed by atoms with van der Waals surface area (Å²) in [4.78, 5) is 15.6. The maximum Gasteiger partial charge on any atom is 0.195 e. The fraction of sp³-hybridized carbons (Fsp3) is 0.250. The molecule has 2 aliphatic rings. The quantitative estimate of drug-likeness (QED) is 0.488. The first kappa shape index (κ1) is 24.3. The molecule has 3 aromatic carbocycles. The number of Topliss-reactive ketones (excluding diaryl/α,β-unsaturated/α-hetero) is 1. The van der Waals surface area contributed by atoms with Crippen LogP contribution in [0.15, 0.2) is 60.7 Å². The van der Waals surface area contributed by atoms with Gasteiger partial charge >= 0.3 is 0 Å².